The second-order valence-electron chi connectivity index (χ2n) is 6.05. The SMILES string of the molecule is COc1cc(C=CC(=O)c2cccnc2Nc2ccccc2)cc(OC)c1OC. The molecule has 0 bridgehead atoms. The van der Waals surface area contributed by atoms with E-state index in [9.17, 15) is 4.79 Å². The zero-order chi connectivity index (χ0) is 20.6. The number of nitrogens with one attached hydrogen (secondary N) is 1. The lowest BCUT2D eigenvalue weighted by Gasteiger charge is -2.12. The van der Waals surface area contributed by atoms with Gasteiger partial charge in [-0.2, -0.15) is 0 Å². The smallest absolute Gasteiger partial charge is 0.203 e. The monoisotopic (exact) mass is 390 g/mol. The third kappa shape index (κ3) is 4.73. The molecule has 0 saturated carbocycles. The lowest BCUT2D eigenvalue weighted by molar-refractivity contribution is 0.104. The lowest BCUT2D eigenvalue weighted by atomic mass is 10.1. The first-order valence-electron chi connectivity index (χ1n) is 8.95. The number of allylic oxidation sites excluding steroid dienone is 1. The summed E-state index contributed by atoms with van der Waals surface area (Å²) < 4.78 is 16.0. The molecular weight excluding hydrogens is 368 g/mol. The van der Waals surface area contributed by atoms with Crippen LogP contribution in [0.2, 0.25) is 0 Å². The van der Waals surface area contributed by atoms with E-state index in [0.29, 0.717) is 28.6 Å². The number of methoxy groups -OCH3 is 3. The second-order valence-corrected chi connectivity index (χ2v) is 6.05. The van der Waals surface area contributed by atoms with Gasteiger partial charge < -0.3 is 19.5 Å². The molecular formula is C23H22N2O4. The lowest BCUT2D eigenvalue weighted by Crippen LogP contribution is -2.03. The second kappa shape index (κ2) is 9.41. The number of carbonyl (C=O) groups excluding carboxylic acids is 1. The quantitative estimate of drug-likeness (QED) is 0.442. The first-order chi connectivity index (χ1) is 14.2. The van der Waals surface area contributed by atoms with E-state index in [0.717, 1.165) is 11.3 Å². The Morgan fingerprint density at radius 3 is 2.24 bits per heavy atom. The van der Waals surface area contributed by atoms with Crippen LogP contribution >= 0.6 is 0 Å². The minimum absolute atomic E-state index is 0.176. The van der Waals surface area contributed by atoms with Crippen molar-refractivity contribution in [3.05, 3.63) is 78.0 Å². The van der Waals surface area contributed by atoms with Crippen LogP contribution in [-0.4, -0.2) is 32.1 Å². The molecule has 6 heteroatoms. The molecule has 0 fully saturated rings. The number of pyridine rings is 1. The van der Waals surface area contributed by atoms with Gasteiger partial charge in [0.05, 0.1) is 26.9 Å². The zero-order valence-electron chi connectivity index (χ0n) is 16.5. The van der Waals surface area contributed by atoms with Crippen molar-refractivity contribution in [2.75, 3.05) is 26.6 Å². The van der Waals surface area contributed by atoms with Crippen molar-refractivity contribution < 1.29 is 19.0 Å². The number of anilines is 2. The standard InChI is InChI=1S/C23H22N2O4/c1-27-20-14-16(15-21(28-2)22(20)29-3)11-12-19(26)18-10-7-13-24-23(18)25-17-8-5-4-6-9-17/h4-15H,1-3H3,(H,24,25). The van der Waals surface area contributed by atoms with Gasteiger partial charge in [0, 0.05) is 11.9 Å². The number of hydrogen-bond acceptors (Lipinski definition) is 6. The van der Waals surface area contributed by atoms with Gasteiger partial charge in [-0.15, -0.1) is 0 Å². The van der Waals surface area contributed by atoms with E-state index in [4.69, 9.17) is 14.2 Å². The molecule has 2 aromatic carbocycles. The van der Waals surface area contributed by atoms with Crippen molar-refractivity contribution in [1.82, 2.24) is 4.98 Å². The molecule has 0 unspecified atom stereocenters. The number of hydrogen-bond donors (Lipinski definition) is 1. The Hall–Kier alpha value is -3.80. The van der Waals surface area contributed by atoms with Gasteiger partial charge >= 0.3 is 0 Å². The summed E-state index contributed by atoms with van der Waals surface area (Å²) in [6.45, 7) is 0. The van der Waals surface area contributed by atoms with Crippen LogP contribution in [-0.2, 0) is 0 Å². The minimum atomic E-state index is -0.176. The van der Waals surface area contributed by atoms with Gasteiger partial charge in [0.2, 0.25) is 5.75 Å². The van der Waals surface area contributed by atoms with Gasteiger partial charge in [0.15, 0.2) is 17.3 Å². The van der Waals surface area contributed by atoms with Crippen LogP contribution < -0.4 is 19.5 Å². The Labute approximate surface area is 169 Å². The number of ketones is 1. The molecule has 0 saturated heterocycles. The van der Waals surface area contributed by atoms with Crippen molar-refractivity contribution in [3.63, 3.8) is 0 Å². The van der Waals surface area contributed by atoms with E-state index in [1.54, 1.807) is 57.9 Å². The fraction of sp³-hybridized carbons (Fsp3) is 0.130. The highest BCUT2D eigenvalue weighted by Gasteiger charge is 2.13. The van der Waals surface area contributed by atoms with Crippen molar-refractivity contribution in [1.29, 1.82) is 0 Å². The average Bonchev–Trinajstić information content (AvgIpc) is 2.77. The number of ether oxygens (including phenoxy) is 3. The van der Waals surface area contributed by atoms with Crippen LogP contribution in [0.1, 0.15) is 15.9 Å². The first kappa shape index (κ1) is 19.9. The van der Waals surface area contributed by atoms with Gasteiger partial charge in [0.1, 0.15) is 5.82 Å². The predicted octanol–water partition coefficient (Wildman–Crippen LogP) is 4.75. The number of benzene rings is 2. The summed E-state index contributed by atoms with van der Waals surface area (Å²) in [4.78, 5) is 17.1. The largest absolute Gasteiger partial charge is 0.493 e. The van der Waals surface area contributed by atoms with E-state index < -0.39 is 0 Å². The predicted molar refractivity (Wildman–Crippen MR) is 113 cm³/mol. The minimum Gasteiger partial charge on any atom is -0.493 e. The van der Waals surface area contributed by atoms with Crippen molar-refractivity contribution in [3.8, 4) is 17.2 Å². The molecule has 0 spiro atoms. The van der Waals surface area contributed by atoms with Gasteiger partial charge in [-0.3, -0.25) is 4.79 Å². The molecule has 148 valence electrons. The molecule has 0 atom stereocenters. The van der Waals surface area contributed by atoms with Crippen LogP contribution in [0.3, 0.4) is 0 Å². The van der Waals surface area contributed by atoms with Gasteiger partial charge in [0.25, 0.3) is 0 Å². The van der Waals surface area contributed by atoms with E-state index in [1.807, 2.05) is 30.3 Å². The van der Waals surface area contributed by atoms with Gasteiger partial charge in [-0.25, -0.2) is 4.98 Å². The topological polar surface area (TPSA) is 69.7 Å². The summed E-state index contributed by atoms with van der Waals surface area (Å²) in [6, 6.07) is 16.6. The van der Waals surface area contributed by atoms with E-state index >= 15 is 0 Å². The van der Waals surface area contributed by atoms with Crippen LogP contribution in [0, 0.1) is 0 Å². The Morgan fingerprint density at radius 2 is 1.62 bits per heavy atom. The number of para-hydroxylation sites is 1. The summed E-state index contributed by atoms with van der Waals surface area (Å²) in [5.74, 6) is 1.86. The maximum atomic E-state index is 12.8. The molecule has 0 radical (unpaired) electrons. The molecule has 3 aromatic rings. The molecule has 1 heterocycles. The molecule has 0 aliphatic carbocycles. The number of aromatic nitrogens is 1. The third-order valence-corrected chi connectivity index (χ3v) is 4.22. The summed E-state index contributed by atoms with van der Waals surface area (Å²) in [7, 11) is 4.64. The van der Waals surface area contributed by atoms with Crippen molar-refractivity contribution in [2.24, 2.45) is 0 Å². The number of rotatable bonds is 8. The maximum absolute atomic E-state index is 12.8. The summed E-state index contributed by atoms with van der Waals surface area (Å²) in [5.41, 5.74) is 2.07. The molecule has 1 aromatic heterocycles. The van der Waals surface area contributed by atoms with E-state index in [-0.39, 0.29) is 5.78 Å². The molecule has 3 rings (SSSR count). The normalized spacial score (nSPS) is 10.6. The van der Waals surface area contributed by atoms with Crippen molar-refractivity contribution >= 4 is 23.4 Å². The highest BCUT2D eigenvalue weighted by Crippen LogP contribution is 2.38. The maximum Gasteiger partial charge on any atom is 0.203 e. The molecule has 29 heavy (non-hydrogen) atoms. The van der Waals surface area contributed by atoms with E-state index in [2.05, 4.69) is 10.3 Å². The molecule has 0 aliphatic rings. The van der Waals surface area contributed by atoms with Crippen LogP contribution in [0.4, 0.5) is 11.5 Å². The Bertz CT molecular complexity index is 991. The van der Waals surface area contributed by atoms with Crippen molar-refractivity contribution in [2.45, 2.75) is 0 Å². The van der Waals surface area contributed by atoms with Crippen LogP contribution in [0.25, 0.3) is 6.08 Å². The van der Waals surface area contributed by atoms with Gasteiger partial charge in [-0.1, -0.05) is 24.3 Å². The number of carbonyl (C=O) groups is 1. The van der Waals surface area contributed by atoms with Gasteiger partial charge in [-0.05, 0) is 48.0 Å². The summed E-state index contributed by atoms with van der Waals surface area (Å²) >= 11 is 0. The fourth-order valence-corrected chi connectivity index (χ4v) is 2.82. The molecule has 0 aliphatic heterocycles. The Kier molecular flexibility index (Phi) is 6.47. The fourth-order valence-electron chi connectivity index (χ4n) is 2.82. The molecule has 1 N–H and O–H groups in total. The first-order valence-corrected chi connectivity index (χ1v) is 8.95. The van der Waals surface area contributed by atoms with Crippen LogP contribution in [0.15, 0.2) is 66.9 Å². The van der Waals surface area contributed by atoms with Crippen LogP contribution in [0.5, 0.6) is 17.2 Å². The highest BCUT2D eigenvalue weighted by atomic mass is 16.5. The third-order valence-electron chi connectivity index (χ3n) is 4.22. The zero-order valence-corrected chi connectivity index (χ0v) is 16.5. The summed E-state index contributed by atoms with van der Waals surface area (Å²) in [5, 5.41) is 3.18. The molecule has 6 nitrogen and oxygen atoms in total. The van der Waals surface area contributed by atoms with E-state index in [1.165, 1.54) is 6.08 Å². The Balaban J connectivity index is 1.87. The summed E-state index contributed by atoms with van der Waals surface area (Å²) in [6.07, 6.45) is 4.84. The highest BCUT2D eigenvalue weighted by molar-refractivity contribution is 6.10. The number of nitrogens with zero attached hydrogens (tertiary/aromatic N) is 1. The molecule has 0 amide bonds. The Morgan fingerprint density at radius 1 is 0.931 bits per heavy atom. The average molecular weight is 390 g/mol.